The molecule has 0 radical (unpaired) electrons. The summed E-state index contributed by atoms with van der Waals surface area (Å²) in [5.74, 6) is 0. The van der Waals surface area contributed by atoms with Crippen LogP contribution in [0.1, 0.15) is 6.92 Å². The van der Waals surface area contributed by atoms with Gasteiger partial charge in [0.1, 0.15) is 0 Å². The van der Waals surface area contributed by atoms with E-state index in [1.54, 1.807) is 6.07 Å². The summed E-state index contributed by atoms with van der Waals surface area (Å²) in [6.07, 6.45) is 0. The van der Waals surface area contributed by atoms with Gasteiger partial charge in [0.25, 0.3) is 0 Å². The summed E-state index contributed by atoms with van der Waals surface area (Å²) >= 11 is 0. The predicted molar refractivity (Wildman–Crippen MR) is 11.3 cm³/mol. The minimum Gasteiger partial charge on any atom is -0.199 e. The molecule has 1 nitrogen and oxygen atoms in total. The van der Waals surface area contributed by atoms with E-state index in [4.69, 9.17) is 5.26 Å². The van der Waals surface area contributed by atoms with Crippen molar-refractivity contribution in [1.82, 2.24) is 0 Å². The van der Waals surface area contributed by atoms with Crippen LogP contribution < -0.4 is 0 Å². The number of hydrogen-bond acceptors (Lipinski definition) is 1. The molecule has 0 aromatic carbocycles. The van der Waals surface area contributed by atoms with E-state index < -0.39 is 0 Å². The first-order chi connectivity index (χ1) is 1.41. The van der Waals surface area contributed by atoms with Crippen molar-refractivity contribution in [3.05, 3.63) is 0 Å². The van der Waals surface area contributed by atoms with Gasteiger partial charge in [0.15, 0.2) is 0 Å². The third-order valence-corrected chi connectivity index (χ3v) is 0. The summed E-state index contributed by atoms with van der Waals surface area (Å²) in [5.41, 5.74) is 0. The maximum absolute atomic E-state index is 7.32. The van der Waals surface area contributed by atoms with Gasteiger partial charge in [-0.25, -0.2) is 0 Å². The molecule has 4 heavy (non-hydrogen) atoms. The van der Waals surface area contributed by atoms with Crippen LogP contribution in [0.4, 0.5) is 0 Å². The molecule has 0 amide bonds. The third-order valence-electron chi connectivity index (χ3n) is 0. The first-order valence-electron chi connectivity index (χ1n) is 0.724. The van der Waals surface area contributed by atoms with Crippen molar-refractivity contribution in [1.29, 1.82) is 5.26 Å². The molecule has 0 spiro atoms. The van der Waals surface area contributed by atoms with Crippen LogP contribution in [0, 0.1) is 11.3 Å². The van der Waals surface area contributed by atoms with Gasteiger partial charge in [0.2, 0.25) is 0 Å². The molecule has 0 aromatic heterocycles. The molecular formula is C2H3NPd. The topological polar surface area (TPSA) is 23.8 Å². The van der Waals surface area contributed by atoms with Gasteiger partial charge in [0, 0.05) is 27.3 Å². The summed E-state index contributed by atoms with van der Waals surface area (Å²) in [4.78, 5) is 0. The first-order valence-corrected chi connectivity index (χ1v) is 0.724. The Kier molecular flexibility index (Phi) is 24.5. The van der Waals surface area contributed by atoms with Crippen molar-refractivity contribution < 1.29 is 20.4 Å². The van der Waals surface area contributed by atoms with E-state index in [9.17, 15) is 0 Å². The Morgan fingerprint density at radius 1 is 1.75 bits per heavy atom. The van der Waals surface area contributed by atoms with Gasteiger partial charge in [-0.05, 0) is 0 Å². The summed E-state index contributed by atoms with van der Waals surface area (Å²) in [5, 5.41) is 7.32. The van der Waals surface area contributed by atoms with Crippen molar-refractivity contribution in [2.75, 3.05) is 0 Å². The van der Waals surface area contributed by atoms with Gasteiger partial charge in [-0.2, -0.15) is 5.26 Å². The Morgan fingerprint density at radius 3 is 1.75 bits per heavy atom. The van der Waals surface area contributed by atoms with Crippen LogP contribution in [-0.2, 0) is 20.4 Å². The zero-order valence-electron chi connectivity index (χ0n) is 2.26. The minimum atomic E-state index is 0. The molecule has 0 aliphatic carbocycles. The second-order valence-electron chi connectivity index (χ2n) is 0.224. The number of nitrogens with zero attached hydrogens (tertiary/aromatic N) is 1. The van der Waals surface area contributed by atoms with Gasteiger partial charge >= 0.3 is 0 Å². The molecular weight excluding hydrogens is 144 g/mol. The van der Waals surface area contributed by atoms with E-state index in [0.29, 0.717) is 0 Å². The zero-order chi connectivity index (χ0) is 2.71. The van der Waals surface area contributed by atoms with Gasteiger partial charge in [-0.3, -0.25) is 0 Å². The van der Waals surface area contributed by atoms with Crippen LogP contribution in [0.3, 0.4) is 0 Å². The van der Waals surface area contributed by atoms with Crippen LogP contribution in [0.25, 0.3) is 0 Å². The van der Waals surface area contributed by atoms with Crippen LogP contribution in [0.5, 0.6) is 0 Å². The van der Waals surface area contributed by atoms with Crippen molar-refractivity contribution in [2.24, 2.45) is 0 Å². The van der Waals surface area contributed by atoms with Crippen molar-refractivity contribution in [3.63, 3.8) is 0 Å². The molecule has 0 unspecified atom stereocenters. The fourth-order valence-corrected chi connectivity index (χ4v) is 0. The molecule has 26 valence electrons. The molecule has 0 N–H and O–H groups in total. The van der Waals surface area contributed by atoms with Crippen LogP contribution in [0.2, 0.25) is 0 Å². The molecule has 0 heterocycles. The Bertz CT molecular complexity index is 27.5. The maximum Gasteiger partial charge on any atom is 0.0587 e. The molecule has 0 fully saturated rings. The first kappa shape index (κ1) is 8.91. The zero-order valence-corrected chi connectivity index (χ0v) is 3.82. The summed E-state index contributed by atoms with van der Waals surface area (Å²) in [6, 6.07) is 1.75. The molecule has 0 aliphatic heterocycles. The van der Waals surface area contributed by atoms with Gasteiger partial charge < -0.3 is 0 Å². The molecule has 0 atom stereocenters. The molecule has 2 heteroatoms. The molecule has 0 bridgehead atoms. The van der Waals surface area contributed by atoms with E-state index in [-0.39, 0.29) is 20.4 Å². The Balaban J connectivity index is 0. The third kappa shape index (κ3) is 123. The van der Waals surface area contributed by atoms with Crippen LogP contribution in [0.15, 0.2) is 0 Å². The summed E-state index contributed by atoms with van der Waals surface area (Å²) < 4.78 is 0. The molecule has 0 saturated heterocycles. The minimum absolute atomic E-state index is 0. The molecule has 0 rings (SSSR count). The predicted octanol–water partition coefficient (Wildman–Crippen LogP) is 0.527. The smallest absolute Gasteiger partial charge is 0.0587 e. The molecule has 0 saturated carbocycles. The van der Waals surface area contributed by atoms with E-state index in [1.165, 1.54) is 6.92 Å². The largest absolute Gasteiger partial charge is 0.199 e. The van der Waals surface area contributed by atoms with Crippen molar-refractivity contribution >= 4 is 0 Å². The molecule has 0 aliphatic rings. The number of hydrogen-bond donors (Lipinski definition) is 0. The normalized spacial score (nSPS) is 2.00. The van der Waals surface area contributed by atoms with Crippen molar-refractivity contribution in [2.45, 2.75) is 6.92 Å². The Hall–Kier alpha value is 0.152. The fourth-order valence-electron chi connectivity index (χ4n) is 0. The number of nitriles is 1. The van der Waals surface area contributed by atoms with Crippen molar-refractivity contribution in [3.8, 4) is 6.07 Å². The summed E-state index contributed by atoms with van der Waals surface area (Å²) in [7, 11) is 0. The molecule has 0 aromatic rings. The maximum atomic E-state index is 7.32. The fraction of sp³-hybridized carbons (Fsp3) is 0.500. The number of rotatable bonds is 0. The van der Waals surface area contributed by atoms with E-state index in [1.807, 2.05) is 0 Å². The van der Waals surface area contributed by atoms with Gasteiger partial charge in [-0.1, -0.05) is 0 Å². The monoisotopic (exact) mass is 147 g/mol. The second-order valence-corrected chi connectivity index (χ2v) is 0.224. The van der Waals surface area contributed by atoms with Crippen LogP contribution in [-0.4, -0.2) is 0 Å². The standard InChI is InChI=1S/C2H3N.Pd/c1-2-3;/h1H3;. The summed E-state index contributed by atoms with van der Waals surface area (Å²) in [6.45, 7) is 1.43. The SMILES string of the molecule is CC#N.[Pd]. The van der Waals surface area contributed by atoms with Gasteiger partial charge in [0.05, 0.1) is 6.07 Å². The van der Waals surface area contributed by atoms with E-state index in [0.717, 1.165) is 0 Å². The average molecular weight is 147 g/mol. The Labute approximate surface area is 39.3 Å². The van der Waals surface area contributed by atoms with E-state index in [2.05, 4.69) is 0 Å². The van der Waals surface area contributed by atoms with E-state index >= 15 is 0 Å². The Morgan fingerprint density at radius 2 is 1.75 bits per heavy atom. The van der Waals surface area contributed by atoms with Crippen LogP contribution >= 0.6 is 0 Å². The second kappa shape index (κ2) is 11.0. The average Bonchev–Trinajstić information content (AvgIpc) is 0.918. The van der Waals surface area contributed by atoms with Gasteiger partial charge in [-0.15, -0.1) is 0 Å². The quantitative estimate of drug-likeness (QED) is 0.459.